The maximum atomic E-state index is 13.6. The number of halogens is 1. The summed E-state index contributed by atoms with van der Waals surface area (Å²) in [4.78, 5) is 12.8. The zero-order valence-electron chi connectivity index (χ0n) is 20.0. The van der Waals surface area contributed by atoms with Crippen LogP contribution >= 0.6 is 27.7 Å². The lowest BCUT2D eigenvalue weighted by atomic mass is 10.1. The first-order valence-electron chi connectivity index (χ1n) is 11.0. The molecule has 0 bridgehead atoms. The predicted octanol–water partition coefficient (Wildman–Crippen LogP) is 5.32. The van der Waals surface area contributed by atoms with Crippen LogP contribution in [0.1, 0.15) is 16.7 Å². The second-order valence-electron chi connectivity index (χ2n) is 7.97. The quantitative estimate of drug-likeness (QED) is 0.313. The van der Waals surface area contributed by atoms with Gasteiger partial charge in [0.1, 0.15) is 12.3 Å². The summed E-state index contributed by atoms with van der Waals surface area (Å²) in [6, 6.07) is 19.8. The Morgan fingerprint density at radius 3 is 2.43 bits per heavy atom. The first-order chi connectivity index (χ1) is 16.7. The number of benzene rings is 3. The number of nitrogens with zero attached hydrogens (tertiary/aromatic N) is 1. The van der Waals surface area contributed by atoms with Crippen molar-refractivity contribution in [2.75, 3.05) is 30.3 Å². The van der Waals surface area contributed by atoms with Gasteiger partial charge >= 0.3 is 0 Å². The lowest BCUT2D eigenvalue weighted by molar-refractivity contribution is -0.119. The van der Waals surface area contributed by atoms with Crippen molar-refractivity contribution in [3.05, 3.63) is 87.9 Å². The zero-order valence-corrected chi connectivity index (χ0v) is 23.2. The van der Waals surface area contributed by atoms with Gasteiger partial charge in [0.25, 0.3) is 10.0 Å². The molecule has 1 N–H and O–H groups in total. The standard InChI is InChI=1S/C26H29BrN2O4S2/c1-19-8-10-22(11-9-19)29(35(31,32)23-12-13-25(33-3)24(27)16-23)17-26(30)28-14-15-34-18-21-7-5-4-6-20(21)2/h4-13,16H,14-15,17-18H2,1-3H3,(H,28,30). The number of aryl methyl sites for hydroxylation is 2. The van der Waals surface area contributed by atoms with Crippen molar-refractivity contribution in [1.29, 1.82) is 0 Å². The number of rotatable bonds is 11. The van der Waals surface area contributed by atoms with E-state index in [9.17, 15) is 13.2 Å². The number of hydrogen-bond acceptors (Lipinski definition) is 5. The number of carbonyl (C=O) groups is 1. The van der Waals surface area contributed by atoms with Gasteiger partial charge in [0.05, 0.1) is 22.2 Å². The van der Waals surface area contributed by atoms with Crippen LogP contribution in [0.2, 0.25) is 0 Å². The summed E-state index contributed by atoms with van der Waals surface area (Å²) in [7, 11) is -2.49. The molecule has 3 aromatic rings. The maximum absolute atomic E-state index is 13.6. The van der Waals surface area contributed by atoms with Gasteiger partial charge in [-0.3, -0.25) is 9.10 Å². The lowest BCUT2D eigenvalue weighted by Crippen LogP contribution is -2.41. The summed E-state index contributed by atoms with van der Waals surface area (Å²) < 4.78 is 34.0. The second kappa shape index (κ2) is 12.5. The first-order valence-corrected chi connectivity index (χ1v) is 14.4. The fourth-order valence-electron chi connectivity index (χ4n) is 3.36. The van der Waals surface area contributed by atoms with Crippen molar-refractivity contribution >= 4 is 49.3 Å². The zero-order chi connectivity index (χ0) is 25.4. The van der Waals surface area contributed by atoms with E-state index in [1.807, 2.05) is 31.2 Å². The van der Waals surface area contributed by atoms with Crippen LogP contribution in [0.25, 0.3) is 0 Å². The number of hydrogen-bond donors (Lipinski definition) is 1. The molecule has 0 spiro atoms. The number of carbonyl (C=O) groups excluding carboxylic acids is 1. The Morgan fingerprint density at radius 2 is 1.77 bits per heavy atom. The van der Waals surface area contributed by atoms with Gasteiger partial charge in [-0.25, -0.2) is 8.42 Å². The first kappa shape index (κ1) is 27.1. The third-order valence-corrected chi connectivity index (χ3v) is 8.81. The highest BCUT2D eigenvalue weighted by molar-refractivity contribution is 9.10. The van der Waals surface area contributed by atoms with E-state index in [4.69, 9.17) is 4.74 Å². The van der Waals surface area contributed by atoms with Crippen LogP contribution < -0.4 is 14.4 Å². The van der Waals surface area contributed by atoms with Crippen molar-refractivity contribution < 1.29 is 17.9 Å². The fourth-order valence-corrected chi connectivity index (χ4v) is 6.44. The maximum Gasteiger partial charge on any atom is 0.264 e. The number of thioether (sulfide) groups is 1. The summed E-state index contributed by atoms with van der Waals surface area (Å²) in [6.07, 6.45) is 0. The summed E-state index contributed by atoms with van der Waals surface area (Å²) >= 11 is 5.07. The third-order valence-electron chi connectivity index (χ3n) is 5.41. The SMILES string of the molecule is COc1ccc(S(=O)(=O)N(CC(=O)NCCSCc2ccccc2C)c2ccc(C)cc2)cc1Br. The van der Waals surface area contributed by atoms with Gasteiger partial charge in [-0.15, -0.1) is 0 Å². The van der Waals surface area contributed by atoms with Gasteiger partial charge in [-0.1, -0.05) is 42.0 Å². The van der Waals surface area contributed by atoms with Gasteiger partial charge in [-0.05, 0) is 71.2 Å². The third kappa shape index (κ3) is 7.25. The molecule has 0 aliphatic heterocycles. The van der Waals surface area contributed by atoms with Gasteiger partial charge in [0, 0.05) is 18.1 Å². The molecule has 0 fully saturated rings. The van der Waals surface area contributed by atoms with Crippen LogP contribution in [-0.2, 0) is 20.6 Å². The van der Waals surface area contributed by atoms with Gasteiger partial charge in [-0.2, -0.15) is 11.8 Å². The minimum atomic E-state index is -4.00. The highest BCUT2D eigenvalue weighted by Crippen LogP contribution is 2.30. The van der Waals surface area contributed by atoms with Crippen LogP contribution in [0.5, 0.6) is 5.75 Å². The summed E-state index contributed by atoms with van der Waals surface area (Å²) in [5, 5.41) is 2.85. The number of nitrogens with one attached hydrogen (secondary N) is 1. The van der Waals surface area contributed by atoms with Crippen LogP contribution in [0.3, 0.4) is 0 Å². The lowest BCUT2D eigenvalue weighted by Gasteiger charge is -2.24. The van der Waals surface area contributed by atoms with Crippen LogP contribution in [-0.4, -0.2) is 40.3 Å². The molecule has 6 nitrogen and oxygen atoms in total. The molecule has 35 heavy (non-hydrogen) atoms. The molecule has 3 aromatic carbocycles. The monoisotopic (exact) mass is 576 g/mol. The van der Waals surface area contributed by atoms with E-state index in [1.54, 1.807) is 30.0 Å². The highest BCUT2D eigenvalue weighted by Gasteiger charge is 2.28. The molecule has 0 radical (unpaired) electrons. The molecule has 186 valence electrons. The van der Waals surface area contributed by atoms with Crippen molar-refractivity contribution in [3.63, 3.8) is 0 Å². The molecule has 0 aromatic heterocycles. The molecule has 0 saturated carbocycles. The molecule has 0 aliphatic rings. The minimum absolute atomic E-state index is 0.0623. The van der Waals surface area contributed by atoms with Crippen molar-refractivity contribution in [2.45, 2.75) is 24.5 Å². The largest absolute Gasteiger partial charge is 0.496 e. The predicted molar refractivity (Wildman–Crippen MR) is 147 cm³/mol. The molecule has 0 saturated heterocycles. The molecule has 0 atom stereocenters. The molecular weight excluding hydrogens is 548 g/mol. The second-order valence-corrected chi connectivity index (χ2v) is 11.8. The minimum Gasteiger partial charge on any atom is -0.496 e. The van der Waals surface area contributed by atoms with E-state index in [2.05, 4.69) is 40.3 Å². The van der Waals surface area contributed by atoms with Gasteiger partial charge in [0.2, 0.25) is 5.91 Å². The molecule has 3 rings (SSSR count). The molecule has 9 heteroatoms. The van der Waals surface area contributed by atoms with Crippen molar-refractivity contribution in [3.8, 4) is 5.75 Å². The van der Waals surface area contributed by atoms with Gasteiger partial charge < -0.3 is 10.1 Å². The Bertz CT molecular complexity index is 1260. The van der Waals surface area contributed by atoms with E-state index in [0.29, 0.717) is 22.5 Å². The number of anilines is 1. The molecule has 0 unspecified atom stereocenters. The van der Waals surface area contributed by atoms with Crippen LogP contribution in [0.15, 0.2) is 76.1 Å². The Labute approximate surface area is 220 Å². The van der Waals surface area contributed by atoms with Crippen molar-refractivity contribution in [2.24, 2.45) is 0 Å². The van der Waals surface area contributed by atoms with E-state index < -0.39 is 10.0 Å². The van der Waals surface area contributed by atoms with E-state index in [0.717, 1.165) is 21.4 Å². The smallest absolute Gasteiger partial charge is 0.264 e. The van der Waals surface area contributed by atoms with E-state index in [1.165, 1.54) is 30.4 Å². The number of ether oxygens (including phenoxy) is 1. The van der Waals surface area contributed by atoms with E-state index in [-0.39, 0.29) is 17.3 Å². The summed E-state index contributed by atoms with van der Waals surface area (Å²) in [5.41, 5.74) is 3.93. The summed E-state index contributed by atoms with van der Waals surface area (Å²) in [6.45, 7) is 4.13. The average Bonchev–Trinajstić information content (AvgIpc) is 2.84. The molecule has 0 aliphatic carbocycles. The Kier molecular flexibility index (Phi) is 9.65. The number of methoxy groups -OCH3 is 1. The van der Waals surface area contributed by atoms with Crippen molar-refractivity contribution in [1.82, 2.24) is 5.32 Å². The molecule has 0 heterocycles. The Balaban J connectivity index is 1.69. The van der Waals surface area contributed by atoms with Crippen LogP contribution in [0.4, 0.5) is 5.69 Å². The number of amides is 1. The molecule has 1 amide bonds. The topological polar surface area (TPSA) is 75.7 Å². The fraction of sp³-hybridized carbons (Fsp3) is 0.269. The highest BCUT2D eigenvalue weighted by atomic mass is 79.9. The van der Waals surface area contributed by atoms with Gasteiger partial charge in [0.15, 0.2) is 0 Å². The average molecular weight is 578 g/mol. The Morgan fingerprint density at radius 1 is 1.06 bits per heavy atom. The van der Waals surface area contributed by atoms with E-state index >= 15 is 0 Å². The molecular formula is C26H29BrN2O4S2. The normalized spacial score (nSPS) is 11.2. The Hall–Kier alpha value is -2.49. The summed E-state index contributed by atoms with van der Waals surface area (Å²) in [5.74, 6) is 1.74. The van der Waals surface area contributed by atoms with Crippen LogP contribution in [0, 0.1) is 13.8 Å². The number of sulfonamides is 1.